The zero-order chi connectivity index (χ0) is 35.3. The van der Waals surface area contributed by atoms with Crippen molar-refractivity contribution < 1.29 is 23.8 Å². The molecule has 3 heterocycles. The molecule has 0 spiro atoms. The van der Waals surface area contributed by atoms with E-state index < -0.39 is 22.4 Å². The molecule has 0 aliphatic rings. The van der Waals surface area contributed by atoms with E-state index in [9.17, 15) is 9.90 Å². The molecule has 4 aromatic rings. The third kappa shape index (κ3) is 9.89. The molecule has 0 radical (unpaired) electrons. The summed E-state index contributed by atoms with van der Waals surface area (Å²) in [5.74, 6) is -0.0152. The molecule has 1 unspecified atom stereocenters. The first kappa shape index (κ1) is 38.0. The number of fused-ring (bicyclic) bond motifs is 1. The van der Waals surface area contributed by atoms with Crippen molar-refractivity contribution in [3.05, 3.63) is 51.8 Å². The van der Waals surface area contributed by atoms with Gasteiger partial charge in [0.25, 0.3) is 0 Å². The standard InChI is InChI=1S/C33H50N6O5S2Si2/c1-23-19-28(36-37-29(23)35-32-39(22-43-17-18-47(6,7)8)26-13-11-12-14-27(26)46-32)38(31-34-25(21-45-31)30(40)41)16-15-24(20-42-5)44-48(9,10)33(2,3)4/h11-14,19,21,24H,15-18,20,22H2,1-10H3,(H,40,41)/b35-32-. The van der Waals surface area contributed by atoms with E-state index in [1.54, 1.807) is 23.8 Å². The fraction of sp³-hybridized carbons (Fsp3) is 0.545. The Morgan fingerprint density at radius 2 is 1.88 bits per heavy atom. The van der Waals surface area contributed by atoms with Crippen LogP contribution in [-0.4, -0.2) is 80.2 Å². The summed E-state index contributed by atoms with van der Waals surface area (Å²) in [7, 11) is -1.61. The normalized spacial score (nSPS) is 13.8. The van der Waals surface area contributed by atoms with Gasteiger partial charge in [-0.05, 0) is 61.3 Å². The topological polar surface area (TPSA) is 124 Å². The summed E-state index contributed by atoms with van der Waals surface area (Å²) in [5.41, 5.74) is 1.88. The molecule has 0 fully saturated rings. The molecule has 15 heteroatoms. The van der Waals surface area contributed by atoms with Gasteiger partial charge in [-0.3, -0.25) is 4.57 Å². The molecule has 0 amide bonds. The number of anilines is 2. The number of ether oxygens (including phenoxy) is 2. The quantitative estimate of drug-likeness (QED) is 0.0901. The summed E-state index contributed by atoms with van der Waals surface area (Å²) in [6.07, 6.45) is 0.464. The van der Waals surface area contributed by atoms with E-state index in [4.69, 9.17) is 18.9 Å². The number of carbonyl (C=O) groups is 1. The smallest absolute Gasteiger partial charge is 0.355 e. The summed E-state index contributed by atoms with van der Waals surface area (Å²) in [6, 6.07) is 11.2. The average Bonchev–Trinajstić information content (AvgIpc) is 3.61. The number of thiazole rings is 2. The minimum atomic E-state index is -2.07. The highest BCUT2D eigenvalue weighted by molar-refractivity contribution is 7.16. The van der Waals surface area contributed by atoms with Crippen LogP contribution in [-0.2, 0) is 20.6 Å². The Morgan fingerprint density at radius 3 is 2.50 bits per heavy atom. The number of aromatic carboxylic acids is 1. The van der Waals surface area contributed by atoms with Crippen molar-refractivity contribution in [3.8, 4) is 0 Å². The zero-order valence-electron chi connectivity index (χ0n) is 29.9. The van der Waals surface area contributed by atoms with Gasteiger partial charge >= 0.3 is 5.97 Å². The lowest BCUT2D eigenvalue weighted by Crippen LogP contribution is -2.45. The molecule has 11 nitrogen and oxygen atoms in total. The van der Waals surface area contributed by atoms with Crippen LogP contribution in [0.25, 0.3) is 10.2 Å². The van der Waals surface area contributed by atoms with Crippen LogP contribution < -0.4 is 9.70 Å². The summed E-state index contributed by atoms with van der Waals surface area (Å²) in [5, 5.41) is 20.9. The minimum absolute atomic E-state index is 0.0105. The third-order valence-electron chi connectivity index (χ3n) is 8.47. The molecular weight excluding hydrogens is 681 g/mol. The molecule has 262 valence electrons. The maximum absolute atomic E-state index is 11.7. The Kier molecular flexibility index (Phi) is 12.5. The van der Waals surface area contributed by atoms with Crippen molar-refractivity contribution in [1.82, 2.24) is 19.7 Å². The SMILES string of the molecule is COCC(CCN(c1cc(C)c(/N=c2\sc3ccccc3n2COCC[Si](C)(C)C)nn1)c1nc(C(=O)O)cs1)O[Si](C)(C)C(C)(C)C. The number of carboxylic acids is 1. The number of nitrogens with zero attached hydrogens (tertiary/aromatic N) is 6. The van der Waals surface area contributed by atoms with Crippen LogP contribution in [0.3, 0.4) is 0 Å². The fourth-order valence-electron chi connectivity index (χ4n) is 4.59. The molecule has 0 saturated heterocycles. The molecular formula is C33H50N6O5S2Si2. The molecule has 3 aromatic heterocycles. The fourth-order valence-corrected chi connectivity index (χ4v) is 8.57. The Hall–Kier alpha value is -2.80. The highest BCUT2D eigenvalue weighted by Gasteiger charge is 2.39. The van der Waals surface area contributed by atoms with Crippen LogP contribution in [0.15, 0.2) is 40.7 Å². The molecule has 1 N–H and O–H groups in total. The number of hydrogen-bond acceptors (Lipinski definition) is 11. The van der Waals surface area contributed by atoms with Crippen LogP contribution >= 0.6 is 22.7 Å². The van der Waals surface area contributed by atoms with E-state index in [1.165, 1.54) is 11.3 Å². The van der Waals surface area contributed by atoms with Crippen LogP contribution in [0.2, 0.25) is 43.8 Å². The monoisotopic (exact) mass is 730 g/mol. The first-order valence-electron chi connectivity index (χ1n) is 16.2. The van der Waals surface area contributed by atoms with Gasteiger partial charge < -0.3 is 23.9 Å². The van der Waals surface area contributed by atoms with Crippen LogP contribution in [0, 0.1) is 6.92 Å². The molecule has 48 heavy (non-hydrogen) atoms. The number of aromatic nitrogens is 4. The Bertz CT molecular complexity index is 1760. The first-order valence-corrected chi connectivity index (χ1v) is 24.5. The van der Waals surface area contributed by atoms with Crippen molar-refractivity contribution in [2.24, 2.45) is 4.99 Å². The maximum atomic E-state index is 11.7. The number of carboxylic acid groups (broad SMARTS) is 1. The summed E-state index contributed by atoms with van der Waals surface area (Å²) < 4.78 is 21.6. The predicted molar refractivity (Wildman–Crippen MR) is 201 cm³/mol. The van der Waals surface area contributed by atoms with E-state index in [-0.39, 0.29) is 16.8 Å². The lowest BCUT2D eigenvalue weighted by atomic mass is 10.2. The minimum Gasteiger partial charge on any atom is -0.476 e. The Balaban J connectivity index is 1.66. The van der Waals surface area contributed by atoms with E-state index in [0.29, 0.717) is 49.7 Å². The Morgan fingerprint density at radius 1 is 1.15 bits per heavy atom. The van der Waals surface area contributed by atoms with Gasteiger partial charge in [0.2, 0.25) is 0 Å². The molecule has 0 aliphatic carbocycles. The van der Waals surface area contributed by atoms with E-state index in [2.05, 4.69) is 85.4 Å². The van der Waals surface area contributed by atoms with Crippen molar-refractivity contribution >= 4 is 72.0 Å². The summed E-state index contributed by atoms with van der Waals surface area (Å²) in [6.45, 7) is 22.1. The number of para-hydroxylation sites is 1. The van der Waals surface area contributed by atoms with Crippen molar-refractivity contribution in [3.63, 3.8) is 0 Å². The molecule has 0 aliphatic heterocycles. The van der Waals surface area contributed by atoms with E-state index in [1.807, 2.05) is 30.0 Å². The van der Waals surface area contributed by atoms with E-state index >= 15 is 0 Å². The van der Waals surface area contributed by atoms with E-state index in [0.717, 1.165) is 26.6 Å². The van der Waals surface area contributed by atoms with Gasteiger partial charge in [0.15, 0.2) is 35.6 Å². The second-order valence-electron chi connectivity index (χ2n) is 14.7. The lowest BCUT2D eigenvalue weighted by molar-refractivity contribution is 0.0677. The van der Waals surface area contributed by atoms with Crippen LogP contribution in [0.5, 0.6) is 0 Å². The van der Waals surface area contributed by atoms with Gasteiger partial charge in [-0.1, -0.05) is 63.9 Å². The van der Waals surface area contributed by atoms with Gasteiger partial charge in [-0.15, -0.1) is 21.5 Å². The molecule has 1 atom stereocenters. The number of methoxy groups -OCH3 is 1. The summed E-state index contributed by atoms with van der Waals surface area (Å²) >= 11 is 2.84. The molecule has 0 saturated carbocycles. The highest BCUT2D eigenvalue weighted by Crippen LogP contribution is 2.38. The van der Waals surface area contributed by atoms with Gasteiger partial charge in [0.1, 0.15) is 6.73 Å². The second kappa shape index (κ2) is 15.8. The van der Waals surface area contributed by atoms with Crippen molar-refractivity contribution in [2.75, 3.05) is 31.8 Å². The summed E-state index contributed by atoms with van der Waals surface area (Å²) in [4.78, 5) is 23.8. The largest absolute Gasteiger partial charge is 0.476 e. The molecule has 1 aromatic carbocycles. The van der Waals surface area contributed by atoms with Gasteiger partial charge in [-0.2, -0.15) is 4.99 Å². The van der Waals surface area contributed by atoms with Crippen LogP contribution in [0.1, 0.15) is 43.2 Å². The first-order chi connectivity index (χ1) is 22.5. The third-order valence-corrected chi connectivity index (χ3v) is 16.6. The number of rotatable bonds is 16. The van der Waals surface area contributed by atoms with Gasteiger partial charge in [0.05, 0.1) is 22.9 Å². The van der Waals surface area contributed by atoms with Gasteiger partial charge in [0, 0.05) is 33.7 Å². The maximum Gasteiger partial charge on any atom is 0.355 e. The second-order valence-corrected chi connectivity index (χ2v) is 26.9. The van der Waals surface area contributed by atoms with Crippen LogP contribution in [0.4, 0.5) is 16.8 Å². The van der Waals surface area contributed by atoms with Crippen molar-refractivity contribution in [2.45, 2.75) is 90.8 Å². The predicted octanol–water partition coefficient (Wildman–Crippen LogP) is 8.07. The number of benzene rings is 1. The molecule has 0 bridgehead atoms. The lowest BCUT2D eigenvalue weighted by Gasteiger charge is -2.39. The zero-order valence-corrected chi connectivity index (χ0v) is 33.5. The Labute approximate surface area is 293 Å². The molecule has 4 rings (SSSR count). The number of aryl methyl sites for hydroxylation is 1. The number of hydrogen-bond donors (Lipinski definition) is 1. The van der Waals surface area contributed by atoms with Gasteiger partial charge in [-0.25, -0.2) is 9.78 Å². The highest BCUT2D eigenvalue weighted by atomic mass is 32.1. The van der Waals surface area contributed by atoms with Crippen molar-refractivity contribution in [1.29, 1.82) is 0 Å². The average molecular weight is 731 g/mol.